The molecule has 0 bridgehead atoms. The maximum Gasteiger partial charge on any atom is 0.257 e. The molecule has 2 heterocycles. The fourth-order valence-corrected chi connectivity index (χ4v) is 3.61. The number of rotatable bonds is 3. The fourth-order valence-electron chi connectivity index (χ4n) is 3.28. The van der Waals surface area contributed by atoms with Crippen LogP contribution in [0.15, 0.2) is 46.9 Å². The van der Waals surface area contributed by atoms with Crippen LogP contribution in [0.2, 0.25) is 0 Å². The molecule has 5 rings (SSSR count). The van der Waals surface area contributed by atoms with E-state index in [-0.39, 0.29) is 5.82 Å². The molecule has 0 radical (unpaired) electrons. The molecule has 5 nitrogen and oxygen atoms in total. The third-order valence-electron chi connectivity index (χ3n) is 4.80. The Labute approximate surface area is 157 Å². The van der Waals surface area contributed by atoms with Gasteiger partial charge in [0.1, 0.15) is 17.5 Å². The summed E-state index contributed by atoms with van der Waals surface area (Å²) in [6, 6.07) is 13.2. The highest BCUT2D eigenvalue weighted by Gasteiger charge is 2.30. The minimum absolute atomic E-state index is 0.317. The number of para-hydroxylation sites is 1. The molecular weight excluding hydrogens is 397 g/mol. The minimum atomic E-state index is -0.317. The molecule has 2 aromatic carbocycles. The van der Waals surface area contributed by atoms with Crippen LogP contribution in [-0.4, -0.2) is 26.6 Å². The van der Waals surface area contributed by atoms with Crippen molar-refractivity contribution in [1.82, 2.24) is 19.6 Å². The second-order valence-corrected chi connectivity index (χ2v) is 7.44. The van der Waals surface area contributed by atoms with E-state index in [0.717, 1.165) is 35.3 Å². The minimum Gasteiger partial charge on any atom is -0.329 e. The molecule has 4 aromatic rings. The van der Waals surface area contributed by atoms with Crippen molar-refractivity contribution in [3.63, 3.8) is 0 Å². The van der Waals surface area contributed by atoms with E-state index in [4.69, 9.17) is 4.98 Å². The number of hydrogen-bond acceptors (Lipinski definition) is 4. The van der Waals surface area contributed by atoms with Gasteiger partial charge in [-0.2, -0.15) is 4.98 Å². The SMILES string of the molecule is CN(c1ccccc1)c1nc2nnc(C3CC3)n2c2cc(Br)c(F)cc12. The molecular formula is C19H15BrFN5. The van der Waals surface area contributed by atoms with Crippen LogP contribution in [0.25, 0.3) is 16.7 Å². The lowest BCUT2D eigenvalue weighted by molar-refractivity contribution is 0.623. The summed E-state index contributed by atoms with van der Waals surface area (Å²) in [5.74, 6) is 2.19. The first-order chi connectivity index (χ1) is 12.6. The Morgan fingerprint density at radius 2 is 1.92 bits per heavy atom. The standard InChI is InChI=1S/C19H15BrFN5/c1-25(12-5-3-2-4-6-12)18-13-9-15(21)14(20)10-16(13)26-17(11-7-8-11)23-24-19(26)22-18/h2-6,9-11H,7-8H2,1H3. The van der Waals surface area contributed by atoms with Crippen LogP contribution in [0.4, 0.5) is 15.9 Å². The lowest BCUT2D eigenvalue weighted by Crippen LogP contribution is -2.13. The van der Waals surface area contributed by atoms with Crippen molar-refractivity contribution in [1.29, 1.82) is 0 Å². The van der Waals surface area contributed by atoms with Gasteiger partial charge in [-0.25, -0.2) is 4.39 Å². The number of aromatic nitrogens is 4. The van der Waals surface area contributed by atoms with Crippen molar-refractivity contribution in [2.45, 2.75) is 18.8 Å². The molecule has 1 aliphatic carbocycles. The maximum atomic E-state index is 14.4. The fraction of sp³-hybridized carbons (Fsp3) is 0.211. The van der Waals surface area contributed by atoms with E-state index < -0.39 is 0 Å². The molecule has 7 heteroatoms. The van der Waals surface area contributed by atoms with Gasteiger partial charge in [-0.15, -0.1) is 10.2 Å². The van der Waals surface area contributed by atoms with Crippen LogP contribution >= 0.6 is 15.9 Å². The second kappa shape index (κ2) is 5.74. The molecule has 0 amide bonds. The Morgan fingerprint density at radius 1 is 1.15 bits per heavy atom. The average molecular weight is 412 g/mol. The van der Waals surface area contributed by atoms with Crippen LogP contribution in [0.3, 0.4) is 0 Å². The Morgan fingerprint density at radius 3 is 2.65 bits per heavy atom. The summed E-state index contributed by atoms with van der Waals surface area (Å²) in [5, 5.41) is 9.37. The molecule has 0 unspecified atom stereocenters. The van der Waals surface area contributed by atoms with Gasteiger partial charge in [0.25, 0.3) is 5.78 Å². The molecule has 130 valence electrons. The van der Waals surface area contributed by atoms with Crippen molar-refractivity contribution in [3.05, 3.63) is 58.6 Å². The molecule has 0 N–H and O–H groups in total. The normalized spacial score (nSPS) is 14.3. The first kappa shape index (κ1) is 15.7. The van der Waals surface area contributed by atoms with Gasteiger partial charge in [-0.1, -0.05) is 18.2 Å². The lowest BCUT2D eigenvalue weighted by Gasteiger charge is -2.21. The van der Waals surface area contributed by atoms with Crippen molar-refractivity contribution in [2.24, 2.45) is 0 Å². The van der Waals surface area contributed by atoms with Crippen molar-refractivity contribution < 1.29 is 4.39 Å². The Bertz CT molecular complexity index is 1140. The van der Waals surface area contributed by atoms with E-state index in [1.807, 2.05) is 46.7 Å². The Kier molecular flexibility index (Phi) is 3.46. The van der Waals surface area contributed by atoms with Crippen LogP contribution < -0.4 is 4.90 Å². The first-order valence-electron chi connectivity index (χ1n) is 8.46. The van der Waals surface area contributed by atoms with Crippen molar-refractivity contribution in [3.8, 4) is 0 Å². The highest BCUT2D eigenvalue weighted by atomic mass is 79.9. The molecule has 1 aliphatic rings. The van der Waals surface area contributed by atoms with E-state index >= 15 is 0 Å². The number of fused-ring (bicyclic) bond motifs is 3. The highest BCUT2D eigenvalue weighted by molar-refractivity contribution is 9.10. The molecule has 2 aromatic heterocycles. The molecule has 26 heavy (non-hydrogen) atoms. The van der Waals surface area contributed by atoms with E-state index in [1.54, 1.807) is 6.07 Å². The number of anilines is 2. The zero-order chi connectivity index (χ0) is 17.8. The third-order valence-corrected chi connectivity index (χ3v) is 5.41. The summed E-state index contributed by atoms with van der Waals surface area (Å²) in [6.45, 7) is 0. The predicted molar refractivity (Wildman–Crippen MR) is 102 cm³/mol. The summed E-state index contributed by atoms with van der Waals surface area (Å²) >= 11 is 3.31. The number of benzene rings is 2. The number of halogens is 2. The van der Waals surface area contributed by atoms with E-state index in [1.165, 1.54) is 6.07 Å². The van der Waals surface area contributed by atoms with Crippen LogP contribution in [-0.2, 0) is 0 Å². The molecule has 0 aliphatic heterocycles. The van der Waals surface area contributed by atoms with Crippen LogP contribution in [0, 0.1) is 5.82 Å². The monoisotopic (exact) mass is 411 g/mol. The topological polar surface area (TPSA) is 46.3 Å². The summed E-state index contributed by atoms with van der Waals surface area (Å²) in [4.78, 5) is 6.66. The first-order valence-corrected chi connectivity index (χ1v) is 9.25. The summed E-state index contributed by atoms with van der Waals surface area (Å²) in [6.07, 6.45) is 2.21. The van der Waals surface area contributed by atoms with E-state index in [9.17, 15) is 4.39 Å². The Balaban J connectivity index is 1.84. The van der Waals surface area contributed by atoms with Gasteiger partial charge in [0, 0.05) is 24.0 Å². The van der Waals surface area contributed by atoms with Crippen LogP contribution in [0.1, 0.15) is 24.6 Å². The quantitative estimate of drug-likeness (QED) is 0.484. The van der Waals surface area contributed by atoms with Crippen molar-refractivity contribution in [2.75, 3.05) is 11.9 Å². The summed E-state index contributed by atoms with van der Waals surface area (Å²) in [7, 11) is 1.92. The number of nitrogens with zero attached hydrogens (tertiary/aromatic N) is 5. The lowest BCUT2D eigenvalue weighted by atomic mass is 10.2. The van der Waals surface area contributed by atoms with Gasteiger partial charge in [0.05, 0.1) is 9.99 Å². The maximum absolute atomic E-state index is 14.4. The second-order valence-electron chi connectivity index (χ2n) is 6.58. The van der Waals surface area contributed by atoms with Gasteiger partial charge < -0.3 is 4.90 Å². The van der Waals surface area contributed by atoms with Gasteiger partial charge in [0.15, 0.2) is 0 Å². The van der Waals surface area contributed by atoms with Crippen molar-refractivity contribution >= 4 is 44.1 Å². The molecule has 0 atom stereocenters. The van der Waals surface area contributed by atoms with Gasteiger partial charge in [-0.05, 0) is 53.0 Å². The molecule has 1 saturated carbocycles. The smallest absolute Gasteiger partial charge is 0.257 e. The predicted octanol–water partition coefficient (Wildman–Crippen LogP) is 4.82. The summed E-state index contributed by atoms with van der Waals surface area (Å²) < 4.78 is 16.7. The van der Waals surface area contributed by atoms with E-state index in [0.29, 0.717) is 22.0 Å². The Hall–Kier alpha value is -2.54. The third kappa shape index (κ3) is 2.38. The zero-order valence-corrected chi connectivity index (χ0v) is 15.6. The van der Waals surface area contributed by atoms with Gasteiger partial charge in [0.2, 0.25) is 0 Å². The largest absolute Gasteiger partial charge is 0.329 e. The summed E-state index contributed by atoms with van der Waals surface area (Å²) in [5.41, 5.74) is 1.82. The molecule has 1 fully saturated rings. The zero-order valence-electron chi connectivity index (χ0n) is 14.0. The van der Waals surface area contributed by atoms with Crippen LogP contribution in [0.5, 0.6) is 0 Å². The molecule has 0 spiro atoms. The average Bonchev–Trinajstić information content (AvgIpc) is 3.41. The number of hydrogen-bond donors (Lipinski definition) is 0. The van der Waals surface area contributed by atoms with Gasteiger partial charge in [-0.3, -0.25) is 4.40 Å². The highest BCUT2D eigenvalue weighted by Crippen LogP contribution is 2.41. The molecule has 0 saturated heterocycles. The van der Waals surface area contributed by atoms with E-state index in [2.05, 4.69) is 26.1 Å². The van der Waals surface area contributed by atoms with Gasteiger partial charge >= 0.3 is 0 Å².